The minimum atomic E-state index is -0.137. The molecule has 0 radical (unpaired) electrons. The highest BCUT2D eigenvalue weighted by Gasteiger charge is 2.29. The van der Waals surface area contributed by atoms with Crippen molar-refractivity contribution in [3.05, 3.63) is 77.6 Å². The fourth-order valence-electron chi connectivity index (χ4n) is 3.74. The number of ether oxygens (including phenoxy) is 1. The molecule has 154 valence electrons. The quantitative estimate of drug-likeness (QED) is 0.590. The van der Waals surface area contributed by atoms with E-state index >= 15 is 0 Å². The van der Waals surface area contributed by atoms with Crippen molar-refractivity contribution in [3.8, 4) is 5.75 Å². The summed E-state index contributed by atoms with van der Waals surface area (Å²) in [5, 5.41) is 8.14. The molecule has 2 aromatic carbocycles. The summed E-state index contributed by atoms with van der Waals surface area (Å²) in [5.41, 5.74) is 2.11. The molecule has 1 saturated heterocycles. The van der Waals surface area contributed by atoms with Gasteiger partial charge in [0.25, 0.3) is 5.91 Å². The number of hydrogen-bond donors (Lipinski definition) is 0. The topological polar surface area (TPSA) is 77.3 Å². The second-order valence-electron chi connectivity index (χ2n) is 7.45. The third-order valence-corrected chi connectivity index (χ3v) is 5.47. The van der Waals surface area contributed by atoms with Crippen molar-refractivity contribution < 1.29 is 14.3 Å². The van der Waals surface area contributed by atoms with Gasteiger partial charge in [0.15, 0.2) is 11.5 Å². The number of carbonyl (C=O) groups is 2. The number of benzene rings is 2. The highest BCUT2D eigenvalue weighted by Crippen LogP contribution is 2.22. The highest BCUT2D eigenvalue weighted by atomic mass is 16.5. The minimum absolute atomic E-state index is 0.0396. The molecule has 0 spiro atoms. The van der Waals surface area contributed by atoms with Crippen LogP contribution in [0.15, 0.2) is 60.8 Å². The van der Waals surface area contributed by atoms with Crippen LogP contribution < -0.4 is 4.74 Å². The molecule has 0 atom stereocenters. The molecule has 1 aliphatic heterocycles. The van der Waals surface area contributed by atoms with Crippen LogP contribution in [-0.4, -0.2) is 51.8 Å². The first kappa shape index (κ1) is 19.8. The van der Waals surface area contributed by atoms with Gasteiger partial charge in [-0.25, -0.2) is 4.68 Å². The molecule has 0 unspecified atom stereocenters. The first-order valence-corrected chi connectivity index (χ1v) is 10.1. The van der Waals surface area contributed by atoms with Crippen LogP contribution in [0.4, 0.5) is 0 Å². The van der Waals surface area contributed by atoms with Gasteiger partial charge in [0.05, 0.1) is 19.9 Å². The molecule has 7 heteroatoms. The number of amides is 1. The van der Waals surface area contributed by atoms with Crippen LogP contribution in [0.2, 0.25) is 0 Å². The fourth-order valence-corrected chi connectivity index (χ4v) is 3.74. The van der Waals surface area contributed by atoms with Crippen molar-refractivity contribution in [2.24, 2.45) is 5.92 Å². The Bertz CT molecular complexity index is 1010. The minimum Gasteiger partial charge on any atom is -0.497 e. The average molecular weight is 404 g/mol. The van der Waals surface area contributed by atoms with Crippen LogP contribution in [0.1, 0.15) is 39.3 Å². The number of piperidine rings is 1. The van der Waals surface area contributed by atoms with Crippen LogP contribution >= 0.6 is 0 Å². The molecular weight excluding hydrogens is 380 g/mol. The zero-order valence-electron chi connectivity index (χ0n) is 16.9. The maximum atomic E-state index is 12.8. The second-order valence-corrected chi connectivity index (χ2v) is 7.45. The molecule has 1 aliphatic rings. The number of ketones is 1. The van der Waals surface area contributed by atoms with Gasteiger partial charge in [0, 0.05) is 24.6 Å². The third-order valence-electron chi connectivity index (χ3n) is 5.47. The Morgan fingerprint density at radius 3 is 2.40 bits per heavy atom. The zero-order chi connectivity index (χ0) is 20.9. The molecule has 2 heterocycles. The van der Waals surface area contributed by atoms with E-state index in [1.165, 1.54) is 0 Å². The smallest absolute Gasteiger partial charge is 0.276 e. The number of carbonyl (C=O) groups excluding carboxylic acids is 2. The van der Waals surface area contributed by atoms with E-state index in [2.05, 4.69) is 10.3 Å². The zero-order valence-corrected chi connectivity index (χ0v) is 16.9. The summed E-state index contributed by atoms with van der Waals surface area (Å²) in [6.07, 6.45) is 3.01. The molecule has 30 heavy (non-hydrogen) atoms. The van der Waals surface area contributed by atoms with Gasteiger partial charge >= 0.3 is 0 Å². The van der Waals surface area contributed by atoms with E-state index in [1.807, 2.05) is 54.6 Å². The van der Waals surface area contributed by atoms with Crippen molar-refractivity contribution in [1.82, 2.24) is 19.9 Å². The van der Waals surface area contributed by atoms with Crippen molar-refractivity contribution in [1.29, 1.82) is 0 Å². The van der Waals surface area contributed by atoms with E-state index < -0.39 is 0 Å². The van der Waals surface area contributed by atoms with Gasteiger partial charge in [0.2, 0.25) is 0 Å². The lowest BCUT2D eigenvalue weighted by Crippen LogP contribution is -2.40. The summed E-state index contributed by atoms with van der Waals surface area (Å²) in [4.78, 5) is 27.2. The van der Waals surface area contributed by atoms with Gasteiger partial charge in [-0.15, -0.1) is 5.10 Å². The number of likely N-dealkylation sites (tertiary alicyclic amines) is 1. The Morgan fingerprint density at radius 1 is 1.03 bits per heavy atom. The SMILES string of the molecule is COc1ccc(Cn2cc(C(=O)N3CCC(C(=O)c4ccccc4)CC3)nn2)cc1. The first-order valence-electron chi connectivity index (χ1n) is 10.1. The highest BCUT2D eigenvalue weighted by molar-refractivity contribution is 5.98. The standard InChI is InChI=1S/C23H24N4O3/c1-30-20-9-7-17(8-10-20)15-27-16-21(24-25-27)23(29)26-13-11-19(12-14-26)22(28)18-5-3-2-4-6-18/h2-10,16,19H,11-15H2,1H3. The fraction of sp³-hybridized carbons (Fsp3) is 0.304. The molecule has 7 nitrogen and oxygen atoms in total. The van der Waals surface area contributed by atoms with Gasteiger partial charge < -0.3 is 9.64 Å². The van der Waals surface area contributed by atoms with Crippen LogP contribution in [0.25, 0.3) is 0 Å². The summed E-state index contributed by atoms with van der Waals surface area (Å²) in [5.74, 6) is 0.777. The number of aromatic nitrogens is 3. The molecule has 1 fully saturated rings. The predicted molar refractivity (Wildman–Crippen MR) is 112 cm³/mol. The first-order chi connectivity index (χ1) is 14.6. The molecule has 0 saturated carbocycles. The third kappa shape index (κ3) is 4.40. The summed E-state index contributed by atoms with van der Waals surface area (Å²) >= 11 is 0. The van der Waals surface area contributed by atoms with E-state index in [0.29, 0.717) is 38.2 Å². The molecule has 0 N–H and O–H groups in total. The molecule has 0 bridgehead atoms. The molecular formula is C23H24N4O3. The molecule has 0 aliphatic carbocycles. The monoisotopic (exact) mass is 404 g/mol. The normalized spacial score (nSPS) is 14.5. The summed E-state index contributed by atoms with van der Waals surface area (Å²) in [7, 11) is 1.63. The lowest BCUT2D eigenvalue weighted by Gasteiger charge is -2.30. The van der Waals surface area contributed by atoms with E-state index in [4.69, 9.17) is 4.74 Å². The van der Waals surface area contributed by atoms with Crippen LogP contribution in [0.5, 0.6) is 5.75 Å². The van der Waals surface area contributed by atoms with Crippen molar-refractivity contribution in [3.63, 3.8) is 0 Å². The summed E-state index contributed by atoms with van der Waals surface area (Å²) in [6.45, 7) is 1.62. The van der Waals surface area contributed by atoms with Crippen molar-refractivity contribution in [2.75, 3.05) is 20.2 Å². The summed E-state index contributed by atoms with van der Waals surface area (Å²) in [6, 6.07) is 17.0. The van der Waals surface area contributed by atoms with Crippen LogP contribution in [0, 0.1) is 5.92 Å². The van der Waals surface area contributed by atoms with Crippen LogP contribution in [-0.2, 0) is 6.54 Å². The number of nitrogens with zero attached hydrogens (tertiary/aromatic N) is 4. The van der Waals surface area contributed by atoms with Crippen molar-refractivity contribution in [2.45, 2.75) is 19.4 Å². The van der Waals surface area contributed by atoms with Gasteiger partial charge in [-0.3, -0.25) is 9.59 Å². The van der Waals surface area contributed by atoms with E-state index in [1.54, 1.807) is 22.9 Å². The van der Waals surface area contributed by atoms with Crippen LogP contribution in [0.3, 0.4) is 0 Å². The van der Waals surface area contributed by atoms with E-state index in [9.17, 15) is 9.59 Å². The molecule has 1 aromatic heterocycles. The molecule has 3 aromatic rings. The number of Topliss-reactive ketones (excluding diaryl/α,β-unsaturated/α-hetero) is 1. The maximum absolute atomic E-state index is 12.8. The lowest BCUT2D eigenvalue weighted by atomic mass is 9.89. The predicted octanol–water partition coefficient (Wildman–Crippen LogP) is 3.07. The Balaban J connectivity index is 1.33. The lowest BCUT2D eigenvalue weighted by molar-refractivity contribution is 0.0645. The Morgan fingerprint density at radius 2 is 1.73 bits per heavy atom. The van der Waals surface area contributed by atoms with E-state index in [0.717, 1.165) is 16.9 Å². The molecule has 4 rings (SSSR count). The van der Waals surface area contributed by atoms with Crippen molar-refractivity contribution >= 4 is 11.7 Å². The Kier molecular flexibility index (Phi) is 5.88. The number of rotatable bonds is 6. The number of methoxy groups -OCH3 is 1. The maximum Gasteiger partial charge on any atom is 0.276 e. The second kappa shape index (κ2) is 8.90. The van der Waals surface area contributed by atoms with Gasteiger partial charge in [-0.05, 0) is 30.5 Å². The van der Waals surface area contributed by atoms with Gasteiger partial charge in [-0.1, -0.05) is 47.7 Å². The van der Waals surface area contributed by atoms with E-state index in [-0.39, 0.29) is 17.6 Å². The molecule has 1 amide bonds. The van der Waals surface area contributed by atoms with Gasteiger partial charge in [0.1, 0.15) is 5.75 Å². The summed E-state index contributed by atoms with van der Waals surface area (Å²) < 4.78 is 6.82. The largest absolute Gasteiger partial charge is 0.497 e. The average Bonchev–Trinajstić information content (AvgIpc) is 3.28. The Labute approximate surface area is 175 Å². The van der Waals surface area contributed by atoms with Gasteiger partial charge in [-0.2, -0.15) is 0 Å². The number of hydrogen-bond acceptors (Lipinski definition) is 5. The Hall–Kier alpha value is -3.48.